The van der Waals surface area contributed by atoms with Gasteiger partial charge in [0.15, 0.2) is 24.8 Å². The van der Waals surface area contributed by atoms with Gasteiger partial charge in [-0.15, -0.1) is 0 Å². The van der Waals surface area contributed by atoms with E-state index in [1.54, 1.807) is 48.5 Å². The van der Waals surface area contributed by atoms with E-state index in [1.165, 1.54) is 0 Å². The highest BCUT2D eigenvalue weighted by molar-refractivity contribution is 5.97. The average Bonchev–Trinajstić information content (AvgIpc) is 2.72. The van der Waals surface area contributed by atoms with Gasteiger partial charge in [-0.05, 0) is 24.3 Å². The monoisotopic (exact) mass is 346 g/mol. The molecule has 3 aromatic rings. The molecule has 0 radical (unpaired) electrons. The molecule has 0 unspecified atom stereocenters. The van der Waals surface area contributed by atoms with Crippen LogP contribution >= 0.6 is 0 Å². The van der Waals surface area contributed by atoms with Crippen molar-refractivity contribution in [1.29, 1.82) is 0 Å². The first-order valence-electron chi connectivity index (χ1n) is 8.24. The maximum Gasteiger partial charge on any atom is 0.200 e. The van der Waals surface area contributed by atoms with Gasteiger partial charge in [0.2, 0.25) is 0 Å². The largest absolute Gasteiger partial charge is 0.485 e. The topological polar surface area (TPSA) is 52.6 Å². The number of ketones is 2. The molecule has 4 nitrogen and oxygen atoms in total. The number of hydrogen-bond acceptors (Lipinski definition) is 4. The molecule has 0 heterocycles. The van der Waals surface area contributed by atoms with Gasteiger partial charge < -0.3 is 9.47 Å². The number of rotatable bonds is 8. The molecular weight excluding hydrogens is 328 g/mol. The predicted molar refractivity (Wildman–Crippen MR) is 99.0 cm³/mol. The van der Waals surface area contributed by atoms with Crippen molar-refractivity contribution >= 4 is 11.6 Å². The highest BCUT2D eigenvalue weighted by Crippen LogP contribution is 2.18. The first-order chi connectivity index (χ1) is 12.7. The van der Waals surface area contributed by atoms with Gasteiger partial charge in [-0.1, -0.05) is 60.7 Å². The van der Waals surface area contributed by atoms with Crippen LogP contribution in [0, 0.1) is 0 Å². The second kappa shape index (κ2) is 8.62. The van der Waals surface area contributed by atoms with E-state index in [4.69, 9.17) is 9.47 Å². The van der Waals surface area contributed by atoms with Crippen molar-refractivity contribution in [2.24, 2.45) is 0 Å². The molecular formula is C22H18O4. The molecule has 26 heavy (non-hydrogen) atoms. The molecule has 0 aliphatic rings. The quantitative estimate of drug-likeness (QED) is 0.573. The summed E-state index contributed by atoms with van der Waals surface area (Å²) in [6, 6.07) is 24.8. The van der Waals surface area contributed by atoms with Crippen LogP contribution in [0.25, 0.3) is 0 Å². The fourth-order valence-electron chi connectivity index (χ4n) is 2.34. The molecule has 4 heteroatoms. The van der Waals surface area contributed by atoms with Gasteiger partial charge in [-0.25, -0.2) is 0 Å². The van der Waals surface area contributed by atoms with Crippen molar-refractivity contribution in [3.05, 3.63) is 96.1 Å². The van der Waals surface area contributed by atoms with Gasteiger partial charge >= 0.3 is 0 Å². The lowest BCUT2D eigenvalue weighted by atomic mass is 10.1. The highest BCUT2D eigenvalue weighted by atomic mass is 16.5. The van der Waals surface area contributed by atoms with Crippen LogP contribution < -0.4 is 9.47 Å². The van der Waals surface area contributed by atoms with Gasteiger partial charge in [0.05, 0.1) is 0 Å². The Hall–Kier alpha value is -3.40. The Kier molecular flexibility index (Phi) is 5.78. The maximum absolute atomic E-state index is 12.0. The minimum Gasteiger partial charge on any atom is -0.485 e. The zero-order valence-electron chi connectivity index (χ0n) is 14.1. The Morgan fingerprint density at radius 2 is 0.885 bits per heavy atom. The summed E-state index contributed by atoms with van der Waals surface area (Å²) >= 11 is 0. The van der Waals surface area contributed by atoms with Crippen LogP contribution in [0.2, 0.25) is 0 Å². The minimum absolute atomic E-state index is 0.0310. The molecule has 0 aromatic heterocycles. The number of ether oxygens (including phenoxy) is 2. The fourth-order valence-corrected chi connectivity index (χ4v) is 2.34. The molecule has 0 aliphatic heterocycles. The van der Waals surface area contributed by atoms with E-state index in [-0.39, 0.29) is 24.8 Å². The van der Waals surface area contributed by atoms with Gasteiger partial charge in [-0.3, -0.25) is 9.59 Å². The SMILES string of the molecule is O=C(COc1ccc(OCC(=O)c2ccccc2)cc1)c1ccccc1. The number of carbonyl (C=O) groups excluding carboxylic acids is 2. The van der Waals surface area contributed by atoms with Gasteiger partial charge in [-0.2, -0.15) is 0 Å². The molecule has 3 rings (SSSR count). The van der Waals surface area contributed by atoms with Crippen molar-refractivity contribution in [2.45, 2.75) is 0 Å². The van der Waals surface area contributed by atoms with Crippen LogP contribution in [0.15, 0.2) is 84.9 Å². The molecule has 0 saturated heterocycles. The average molecular weight is 346 g/mol. The van der Waals surface area contributed by atoms with E-state index >= 15 is 0 Å². The Balaban J connectivity index is 1.49. The van der Waals surface area contributed by atoms with Crippen LogP contribution in [0.1, 0.15) is 20.7 Å². The third-order valence-electron chi connectivity index (χ3n) is 3.76. The highest BCUT2D eigenvalue weighted by Gasteiger charge is 2.08. The number of benzene rings is 3. The van der Waals surface area contributed by atoms with Crippen LogP contribution in [0.3, 0.4) is 0 Å². The van der Waals surface area contributed by atoms with Crippen molar-refractivity contribution in [3.63, 3.8) is 0 Å². The zero-order valence-corrected chi connectivity index (χ0v) is 14.1. The van der Waals surface area contributed by atoms with E-state index in [0.29, 0.717) is 22.6 Å². The molecule has 0 aliphatic carbocycles. The lowest BCUT2D eigenvalue weighted by Gasteiger charge is -2.08. The van der Waals surface area contributed by atoms with Crippen LogP contribution in [-0.2, 0) is 0 Å². The number of Topliss-reactive ketones (excluding diaryl/α,β-unsaturated/α-hetero) is 2. The van der Waals surface area contributed by atoms with Crippen LogP contribution in [0.4, 0.5) is 0 Å². The Morgan fingerprint density at radius 3 is 1.23 bits per heavy atom. The molecule has 0 bridgehead atoms. The van der Waals surface area contributed by atoms with Crippen molar-refractivity contribution in [3.8, 4) is 11.5 Å². The van der Waals surface area contributed by atoms with E-state index in [0.717, 1.165) is 0 Å². The normalized spacial score (nSPS) is 10.2. The zero-order chi connectivity index (χ0) is 18.2. The van der Waals surface area contributed by atoms with E-state index in [9.17, 15) is 9.59 Å². The first-order valence-corrected chi connectivity index (χ1v) is 8.24. The Bertz CT molecular complexity index is 781. The van der Waals surface area contributed by atoms with Gasteiger partial charge in [0, 0.05) is 11.1 Å². The molecule has 3 aromatic carbocycles. The molecule has 130 valence electrons. The molecule has 0 N–H and O–H groups in total. The summed E-state index contributed by atoms with van der Waals surface area (Å²) in [6.07, 6.45) is 0. The third-order valence-corrected chi connectivity index (χ3v) is 3.76. The number of carbonyl (C=O) groups is 2. The molecule has 0 spiro atoms. The standard InChI is InChI=1S/C22H18O4/c23-21(17-7-3-1-4-8-17)15-25-19-11-13-20(14-12-19)26-16-22(24)18-9-5-2-6-10-18/h1-14H,15-16H2. The summed E-state index contributed by atoms with van der Waals surface area (Å²) in [4.78, 5) is 24.0. The Labute approximate surface area is 152 Å². The maximum atomic E-state index is 12.0. The van der Waals surface area contributed by atoms with E-state index in [1.807, 2.05) is 36.4 Å². The summed E-state index contributed by atoms with van der Waals surface area (Å²) < 4.78 is 11.0. The molecule has 0 saturated carbocycles. The lowest BCUT2D eigenvalue weighted by molar-refractivity contribution is 0.0912. The van der Waals surface area contributed by atoms with Crippen LogP contribution in [-0.4, -0.2) is 24.8 Å². The molecule has 0 fully saturated rings. The first kappa shape index (κ1) is 17.4. The van der Waals surface area contributed by atoms with E-state index in [2.05, 4.69) is 0 Å². The summed E-state index contributed by atoms with van der Waals surface area (Å²) in [6.45, 7) is -0.0621. The molecule has 0 atom stereocenters. The van der Waals surface area contributed by atoms with Gasteiger partial charge in [0.1, 0.15) is 11.5 Å². The number of hydrogen-bond donors (Lipinski definition) is 0. The third kappa shape index (κ3) is 4.80. The summed E-state index contributed by atoms with van der Waals surface area (Å²) in [5.41, 5.74) is 1.23. The molecule has 0 amide bonds. The second-order valence-electron chi connectivity index (χ2n) is 5.63. The summed E-state index contributed by atoms with van der Waals surface area (Å²) in [7, 11) is 0. The summed E-state index contributed by atoms with van der Waals surface area (Å²) in [5.74, 6) is 0.964. The predicted octanol–water partition coefficient (Wildman–Crippen LogP) is 4.21. The van der Waals surface area contributed by atoms with Crippen molar-refractivity contribution < 1.29 is 19.1 Å². The Morgan fingerprint density at radius 1 is 0.538 bits per heavy atom. The fraction of sp³-hybridized carbons (Fsp3) is 0.0909. The smallest absolute Gasteiger partial charge is 0.200 e. The van der Waals surface area contributed by atoms with Gasteiger partial charge in [0.25, 0.3) is 0 Å². The van der Waals surface area contributed by atoms with Crippen LogP contribution in [0.5, 0.6) is 11.5 Å². The lowest BCUT2D eigenvalue weighted by Crippen LogP contribution is -2.12. The second-order valence-corrected chi connectivity index (χ2v) is 5.63. The van der Waals surface area contributed by atoms with Crippen molar-refractivity contribution in [2.75, 3.05) is 13.2 Å². The minimum atomic E-state index is -0.0839. The van der Waals surface area contributed by atoms with Crippen molar-refractivity contribution in [1.82, 2.24) is 0 Å². The van der Waals surface area contributed by atoms with E-state index < -0.39 is 0 Å². The summed E-state index contributed by atoms with van der Waals surface area (Å²) in [5, 5.41) is 0.